The molecule has 0 radical (unpaired) electrons. The minimum absolute atomic E-state index is 0.0485. The van der Waals surface area contributed by atoms with Crippen LogP contribution in [-0.2, 0) is 22.7 Å². The lowest BCUT2D eigenvalue weighted by Gasteiger charge is -2.28. The molecule has 0 spiro atoms. The number of amides is 2. The number of hydrazone groups is 1. The Morgan fingerprint density at radius 1 is 1.00 bits per heavy atom. The van der Waals surface area contributed by atoms with Crippen LogP contribution in [0.5, 0.6) is 0 Å². The summed E-state index contributed by atoms with van der Waals surface area (Å²) in [6, 6.07) is 22.5. The largest absolute Gasteiger partial charge is 0.467 e. The van der Waals surface area contributed by atoms with Crippen molar-refractivity contribution in [2.45, 2.75) is 32.0 Å². The number of hydrogen-bond acceptors (Lipinski definition) is 5. The second-order valence-corrected chi connectivity index (χ2v) is 7.69. The molecule has 7 heteroatoms. The number of hydrogen-bond donors (Lipinski definition) is 1. The zero-order chi connectivity index (χ0) is 22.3. The third-order valence-corrected chi connectivity index (χ3v) is 5.30. The van der Waals surface area contributed by atoms with E-state index in [1.807, 2.05) is 60.7 Å². The first kappa shape index (κ1) is 21.5. The van der Waals surface area contributed by atoms with E-state index in [4.69, 9.17) is 4.42 Å². The van der Waals surface area contributed by atoms with Gasteiger partial charge in [-0.05, 0) is 23.3 Å². The van der Waals surface area contributed by atoms with Crippen molar-refractivity contribution < 1.29 is 19.1 Å². The molecule has 164 valence electrons. The van der Waals surface area contributed by atoms with Crippen LogP contribution in [0.2, 0.25) is 0 Å². The van der Waals surface area contributed by atoms with Crippen LogP contribution in [0.25, 0.3) is 0 Å². The monoisotopic (exact) mass is 431 g/mol. The first-order chi connectivity index (χ1) is 15.6. The standard InChI is InChI=1S/C25H25N3O4/c29-22(23-12-7-15-32-23)18-27(16-19-8-3-1-4-9-19)25(31)21-13-14-24(30)28(26-21)17-20-10-5-2-6-11-20/h1-12,15,22,29H,13-14,16-18H2. The smallest absolute Gasteiger partial charge is 0.270 e. The van der Waals surface area contributed by atoms with Crippen LogP contribution >= 0.6 is 0 Å². The summed E-state index contributed by atoms with van der Waals surface area (Å²) >= 11 is 0. The molecule has 4 rings (SSSR count). The van der Waals surface area contributed by atoms with Crippen molar-refractivity contribution in [2.24, 2.45) is 5.10 Å². The molecule has 0 saturated heterocycles. The lowest BCUT2D eigenvalue weighted by molar-refractivity contribution is -0.133. The van der Waals surface area contributed by atoms with E-state index in [0.717, 1.165) is 11.1 Å². The molecule has 2 amide bonds. The highest BCUT2D eigenvalue weighted by atomic mass is 16.4. The maximum atomic E-state index is 13.4. The summed E-state index contributed by atoms with van der Waals surface area (Å²) in [5, 5.41) is 16.4. The Morgan fingerprint density at radius 3 is 2.34 bits per heavy atom. The van der Waals surface area contributed by atoms with Gasteiger partial charge in [0.1, 0.15) is 17.6 Å². The summed E-state index contributed by atoms with van der Waals surface area (Å²) in [6.07, 6.45) is 1.01. The zero-order valence-electron chi connectivity index (χ0n) is 17.6. The molecule has 0 saturated carbocycles. The average molecular weight is 431 g/mol. The summed E-state index contributed by atoms with van der Waals surface area (Å²) in [4.78, 5) is 27.4. The zero-order valence-corrected chi connectivity index (χ0v) is 17.6. The third kappa shape index (κ3) is 5.31. The third-order valence-electron chi connectivity index (χ3n) is 5.30. The number of rotatable bonds is 8. The van der Waals surface area contributed by atoms with Crippen molar-refractivity contribution in [3.8, 4) is 0 Å². The van der Waals surface area contributed by atoms with Crippen LogP contribution in [0.4, 0.5) is 0 Å². The predicted molar refractivity (Wildman–Crippen MR) is 119 cm³/mol. The molecular weight excluding hydrogens is 406 g/mol. The first-order valence-electron chi connectivity index (χ1n) is 10.6. The first-order valence-corrected chi connectivity index (χ1v) is 10.6. The number of benzene rings is 2. The molecule has 1 aromatic heterocycles. The lowest BCUT2D eigenvalue weighted by atomic mass is 10.1. The molecule has 1 N–H and O–H groups in total. The van der Waals surface area contributed by atoms with Crippen LogP contribution in [0.1, 0.15) is 35.8 Å². The van der Waals surface area contributed by atoms with E-state index in [-0.39, 0.29) is 31.2 Å². The molecule has 7 nitrogen and oxygen atoms in total. The molecule has 32 heavy (non-hydrogen) atoms. The highest BCUT2D eigenvalue weighted by Gasteiger charge is 2.29. The molecule has 0 bridgehead atoms. The van der Waals surface area contributed by atoms with E-state index in [0.29, 0.717) is 24.6 Å². The minimum Gasteiger partial charge on any atom is -0.467 e. The fraction of sp³-hybridized carbons (Fsp3) is 0.240. The quantitative estimate of drug-likeness (QED) is 0.591. The van der Waals surface area contributed by atoms with E-state index < -0.39 is 6.10 Å². The molecule has 1 aliphatic rings. The van der Waals surface area contributed by atoms with E-state index in [1.165, 1.54) is 11.3 Å². The van der Waals surface area contributed by atoms with Crippen molar-refractivity contribution in [3.63, 3.8) is 0 Å². The molecule has 1 atom stereocenters. The average Bonchev–Trinajstić information content (AvgIpc) is 3.36. The van der Waals surface area contributed by atoms with Crippen LogP contribution in [0.3, 0.4) is 0 Å². The Kier molecular flexibility index (Phi) is 6.77. The highest BCUT2D eigenvalue weighted by molar-refractivity contribution is 6.39. The molecular formula is C25H25N3O4. The number of nitrogens with zero attached hydrogens (tertiary/aromatic N) is 3. The Balaban J connectivity index is 1.55. The molecule has 3 aromatic rings. The number of aliphatic hydroxyl groups is 1. The fourth-order valence-electron chi connectivity index (χ4n) is 3.62. The van der Waals surface area contributed by atoms with Gasteiger partial charge in [0.2, 0.25) is 5.91 Å². The Labute approximate surface area is 186 Å². The topological polar surface area (TPSA) is 86.4 Å². The van der Waals surface area contributed by atoms with E-state index >= 15 is 0 Å². The van der Waals surface area contributed by atoms with Gasteiger partial charge in [0.15, 0.2) is 0 Å². The van der Waals surface area contributed by atoms with Crippen LogP contribution in [0.15, 0.2) is 88.6 Å². The van der Waals surface area contributed by atoms with Crippen molar-refractivity contribution in [2.75, 3.05) is 6.54 Å². The maximum Gasteiger partial charge on any atom is 0.270 e. The number of furan rings is 1. The van der Waals surface area contributed by atoms with Gasteiger partial charge >= 0.3 is 0 Å². The summed E-state index contributed by atoms with van der Waals surface area (Å²) < 4.78 is 5.30. The highest BCUT2D eigenvalue weighted by Crippen LogP contribution is 2.19. The number of carbonyl (C=O) groups is 2. The van der Waals surface area contributed by atoms with Crippen LogP contribution < -0.4 is 0 Å². The summed E-state index contributed by atoms with van der Waals surface area (Å²) in [6.45, 7) is 0.667. The van der Waals surface area contributed by atoms with Gasteiger partial charge in [-0.3, -0.25) is 9.59 Å². The van der Waals surface area contributed by atoms with Gasteiger partial charge in [-0.25, -0.2) is 5.01 Å². The predicted octanol–water partition coefficient (Wildman–Crippen LogP) is 3.52. The summed E-state index contributed by atoms with van der Waals surface area (Å²) in [5.41, 5.74) is 2.18. The van der Waals surface area contributed by atoms with Crippen molar-refractivity contribution in [1.82, 2.24) is 9.91 Å². The molecule has 0 aliphatic carbocycles. The van der Waals surface area contributed by atoms with Gasteiger partial charge < -0.3 is 14.4 Å². The molecule has 1 unspecified atom stereocenters. The van der Waals surface area contributed by atoms with E-state index in [2.05, 4.69) is 5.10 Å². The molecule has 0 fully saturated rings. The van der Waals surface area contributed by atoms with Crippen molar-refractivity contribution >= 4 is 17.5 Å². The number of aliphatic hydroxyl groups excluding tert-OH is 1. The van der Waals surface area contributed by atoms with Gasteiger partial charge in [-0.1, -0.05) is 60.7 Å². The van der Waals surface area contributed by atoms with E-state index in [1.54, 1.807) is 17.0 Å². The second-order valence-electron chi connectivity index (χ2n) is 7.69. The second kappa shape index (κ2) is 10.1. The van der Waals surface area contributed by atoms with Gasteiger partial charge in [0.25, 0.3) is 5.91 Å². The molecule has 1 aliphatic heterocycles. The van der Waals surface area contributed by atoms with Gasteiger partial charge in [0, 0.05) is 19.4 Å². The Hall–Kier alpha value is -3.71. The minimum atomic E-state index is -0.969. The molecule has 2 aromatic carbocycles. The van der Waals surface area contributed by atoms with Gasteiger partial charge in [-0.2, -0.15) is 5.10 Å². The van der Waals surface area contributed by atoms with Crippen LogP contribution in [-0.4, -0.2) is 39.1 Å². The number of carbonyl (C=O) groups excluding carboxylic acids is 2. The SMILES string of the molecule is O=C(C1=NN(Cc2ccccc2)C(=O)CC1)N(Cc1ccccc1)CC(O)c1ccco1. The Morgan fingerprint density at radius 2 is 1.69 bits per heavy atom. The van der Waals surface area contributed by atoms with Gasteiger partial charge in [-0.15, -0.1) is 0 Å². The van der Waals surface area contributed by atoms with E-state index in [9.17, 15) is 14.7 Å². The van der Waals surface area contributed by atoms with Gasteiger partial charge in [0.05, 0.1) is 19.4 Å². The summed E-state index contributed by atoms with van der Waals surface area (Å²) in [5.74, 6) is -0.0250. The lowest BCUT2D eigenvalue weighted by Crippen LogP contribution is -2.42. The van der Waals surface area contributed by atoms with Crippen molar-refractivity contribution in [1.29, 1.82) is 0 Å². The normalized spacial score (nSPS) is 14.7. The van der Waals surface area contributed by atoms with Crippen molar-refractivity contribution in [3.05, 3.63) is 95.9 Å². The maximum absolute atomic E-state index is 13.4. The molecule has 2 heterocycles. The summed E-state index contributed by atoms with van der Waals surface area (Å²) in [7, 11) is 0. The fourth-order valence-corrected chi connectivity index (χ4v) is 3.62. The van der Waals surface area contributed by atoms with Crippen LogP contribution in [0, 0.1) is 0 Å². The Bertz CT molecular complexity index is 1070.